The second kappa shape index (κ2) is 6.74. The maximum atomic E-state index is 14.4. The van der Waals surface area contributed by atoms with Crippen LogP contribution in [0.25, 0.3) is 11.1 Å². The molecule has 7 heteroatoms. The number of alkyl halides is 3. The van der Waals surface area contributed by atoms with Gasteiger partial charge in [0.25, 0.3) is 0 Å². The molecule has 128 valence electrons. The summed E-state index contributed by atoms with van der Waals surface area (Å²) in [6.45, 7) is 0.798. The Bertz CT molecular complexity index is 708. The largest absolute Gasteiger partial charge is 0.416 e. The fourth-order valence-corrected chi connectivity index (χ4v) is 2.61. The first-order valence-corrected chi connectivity index (χ1v) is 7.74. The Morgan fingerprint density at radius 1 is 0.958 bits per heavy atom. The summed E-state index contributed by atoms with van der Waals surface area (Å²) in [6.07, 6.45) is -5.08. The summed E-state index contributed by atoms with van der Waals surface area (Å²) in [7, 11) is 0. The summed E-state index contributed by atoms with van der Waals surface area (Å²) in [4.78, 5) is 0. The van der Waals surface area contributed by atoms with Crippen molar-refractivity contribution < 1.29 is 27.0 Å². The Balaban J connectivity index is 1.82. The Morgan fingerprint density at radius 3 is 2.12 bits per heavy atom. The molecule has 0 bridgehead atoms. The zero-order chi connectivity index (χ0) is 17.3. The third-order valence-corrected chi connectivity index (χ3v) is 3.97. The predicted octanol–water partition coefficient (Wildman–Crippen LogP) is 4.86. The second-order valence-electron chi connectivity index (χ2n) is 5.47. The van der Waals surface area contributed by atoms with Gasteiger partial charge in [0, 0.05) is 16.4 Å². The predicted molar refractivity (Wildman–Crippen MR) is 84.3 cm³/mol. The van der Waals surface area contributed by atoms with E-state index in [1.54, 1.807) is 6.07 Å². The SMILES string of the molecule is Fc1cc(C2OCC(S)CO2)ccc1-c1ccc(C(F)(F)F)cc1. The van der Waals surface area contributed by atoms with Gasteiger partial charge in [0.15, 0.2) is 6.29 Å². The van der Waals surface area contributed by atoms with Crippen molar-refractivity contribution >= 4 is 12.6 Å². The normalized spacial score (nSPS) is 21.7. The smallest absolute Gasteiger partial charge is 0.347 e. The van der Waals surface area contributed by atoms with Crippen LogP contribution >= 0.6 is 12.6 Å². The lowest BCUT2D eigenvalue weighted by molar-refractivity contribution is -0.179. The molecule has 3 rings (SSSR count). The molecule has 0 unspecified atom stereocenters. The lowest BCUT2D eigenvalue weighted by atomic mass is 10.0. The molecular weight excluding hydrogens is 344 g/mol. The molecule has 1 heterocycles. The van der Waals surface area contributed by atoms with Crippen molar-refractivity contribution in [1.82, 2.24) is 0 Å². The maximum absolute atomic E-state index is 14.4. The summed E-state index contributed by atoms with van der Waals surface area (Å²) < 4.78 is 63.0. The van der Waals surface area contributed by atoms with Crippen molar-refractivity contribution in [3.05, 3.63) is 59.4 Å². The van der Waals surface area contributed by atoms with E-state index >= 15 is 0 Å². The number of halogens is 4. The van der Waals surface area contributed by atoms with E-state index in [1.807, 2.05) is 0 Å². The van der Waals surface area contributed by atoms with Gasteiger partial charge in [0.05, 0.1) is 18.8 Å². The highest BCUT2D eigenvalue weighted by molar-refractivity contribution is 7.81. The van der Waals surface area contributed by atoms with Crippen LogP contribution in [0.4, 0.5) is 17.6 Å². The zero-order valence-corrected chi connectivity index (χ0v) is 13.3. The molecule has 2 nitrogen and oxygen atoms in total. The Kier molecular flexibility index (Phi) is 4.85. The second-order valence-corrected chi connectivity index (χ2v) is 6.20. The third-order valence-electron chi connectivity index (χ3n) is 3.67. The van der Waals surface area contributed by atoms with Gasteiger partial charge in [-0.3, -0.25) is 0 Å². The van der Waals surface area contributed by atoms with E-state index in [9.17, 15) is 17.6 Å². The van der Waals surface area contributed by atoms with E-state index in [-0.39, 0.29) is 10.8 Å². The van der Waals surface area contributed by atoms with Gasteiger partial charge < -0.3 is 9.47 Å². The minimum atomic E-state index is -4.42. The fourth-order valence-electron chi connectivity index (χ4n) is 2.44. The molecule has 2 aromatic rings. The molecule has 0 N–H and O–H groups in total. The van der Waals surface area contributed by atoms with Gasteiger partial charge in [0.1, 0.15) is 5.82 Å². The molecule has 0 aromatic heterocycles. The van der Waals surface area contributed by atoms with Gasteiger partial charge >= 0.3 is 6.18 Å². The molecule has 24 heavy (non-hydrogen) atoms. The number of hydrogen-bond donors (Lipinski definition) is 1. The van der Waals surface area contributed by atoms with E-state index in [4.69, 9.17) is 9.47 Å². The summed E-state index contributed by atoms with van der Waals surface area (Å²) >= 11 is 4.22. The summed E-state index contributed by atoms with van der Waals surface area (Å²) in [5, 5.41) is -0.0162. The molecule has 0 saturated carbocycles. The Hall–Kier alpha value is -1.57. The van der Waals surface area contributed by atoms with Crippen LogP contribution in [-0.4, -0.2) is 18.5 Å². The van der Waals surface area contributed by atoms with Gasteiger partial charge in [-0.05, 0) is 23.8 Å². The molecule has 0 atom stereocenters. The van der Waals surface area contributed by atoms with Crippen LogP contribution in [0.5, 0.6) is 0 Å². The standard InChI is InChI=1S/C17H14F4O2S/c18-15-7-11(16-22-8-13(24)9-23-16)3-6-14(15)10-1-4-12(5-2-10)17(19,20)21/h1-7,13,16,24H,8-9H2. The molecule has 2 aromatic carbocycles. The van der Waals surface area contributed by atoms with Crippen molar-refractivity contribution in [3.63, 3.8) is 0 Å². The number of thiol groups is 1. The van der Waals surface area contributed by atoms with Crippen molar-refractivity contribution in [2.75, 3.05) is 13.2 Å². The average molecular weight is 358 g/mol. The van der Waals surface area contributed by atoms with Crippen LogP contribution in [0.1, 0.15) is 17.4 Å². The quantitative estimate of drug-likeness (QED) is 0.611. The van der Waals surface area contributed by atoms with Crippen molar-refractivity contribution in [2.45, 2.75) is 17.7 Å². The molecule has 1 saturated heterocycles. The monoisotopic (exact) mass is 358 g/mol. The van der Waals surface area contributed by atoms with Gasteiger partial charge in [-0.2, -0.15) is 25.8 Å². The maximum Gasteiger partial charge on any atom is 0.416 e. The van der Waals surface area contributed by atoms with E-state index < -0.39 is 23.8 Å². The molecule has 1 aliphatic heterocycles. The number of ether oxygens (including phenoxy) is 2. The van der Waals surface area contributed by atoms with Crippen LogP contribution in [-0.2, 0) is 15.7 Å². The fraction of sp³-hybridized carbons (Fsp3) is 0.294. The highest BCUT2D eigenvalue weighted by atomic mass is 32.1. The first-order chi connectivity index (χ1) is 11.3. The molecule has 0 aliphatic carbocycles. The van der Waals surface area contributed by atoms with Gasteiger partial charge in [0.2, 0.25) is 0 Å². The van der Waals surface area contributed by atoms with E-state index in [2.05, 4.69) is 12.6 Å². The Labute approximate surface area is 141 Å². The van der Waals surface area contributed by atoms with E-state index in [1.165, 1.54) is 24.3 Å². The van der Waals surface area contributed by atoms with Crippen molar-refractivity contribution in [3.8, 4) is 11.1 Å². The zero-order valence-electron chi connectivity index (χ0n) is 12.4. The van der Waals surface area contributed by atoms with Crippen LogP contribution < -0.4 is 0 Å². The third kappa shape index (κ3) is 3.74. The summed E-state index contributed by atoms with van der Waals surface area (Å²) in [5.41, 5.74) is 0.334. The first-order valence-electron chi connectivity index (χ1n) is 7.23. The molecule has 0 spiro atoms. The lowest BCUT2D eigenvalue weighted by Gasteiger charge is -2.27. The molecule has 1 fully saturated rings. The number of rotatable bonds is 2. The minimum absolute atomic E-state index is 0.0162. The topological polar surface area (TPSA) is 18.5 Å². The van der Waals surface area contributed by atoms with Crippen LogP contribution in [0.3, 0.4) is 0 Å². The van der Waals surface area contributed by atoms with Crippen LogP contribution in [0, 0.1) is 5.82 Å². The molecule has 1 aliphatic rings. The highest BCUT2D eigenvalue weighted by Gasteiger charge is 2.30. The summed E-state index contributed by atoms with van der Waals surface area (Å²) in [5.74, 6) is -0.549. The number of benzene rings is 2. The minimum Gasteiger partial charge on any atom is -0.347 e. The molecular formula is C17H14F4O2S. The number of hydrogen-bond acceptors (Lipinski definition) is 3. The Morgan fingerprint density at radius 2 is 1.58 bits per heavy atom. The van der Waals surface area contributed by atoms with Crippen LogP contribution in [0.15, 0.2) is 42.5 Å². The summed E-state index contributed by atoms with van der Waals surface area (Å²) in [6, 6.07) is 8.79. The first kappa shape index (κ1) is 17.3. The van der Waals surface area contributed by atoms with Gasteiger partial charge in [-0.25, -0.2) is 4.39 Å². The highest BCUT2D eigenvalue weighted by Crippen LogP contribution is 2.33. The van der Waals surface area contributed by atoms with Crippen LogP contribution in [0.2, 0.25) is 0 Å². The molecule has 0 amide bonds. The van der Waals surface area contributed by atoms with Gasteiger partial charge in [-0.1, -0.05) is 24.3 Å². The van der Waals surface area contributed by atoms with E-state index in [0.717, 1.165) is 12.1 Å². The molecule has 0 radical (unpaired) electrons. The van der Waals surface area contributed by atoms with E-state index in [0.29, 0.717) is 24.3 Å². The van der Waals surface area contributed by atoms with Gasteiger partial charge in [-0.15, -0.1) is 0 Å². The van der Waals surface area contributed by atoms with Crippen molar-refractivity contribution in [2.24, 2.45) is 0 Å². The van der Waals surface area contributed by atoms with Crippen molar-refractivity contribution in [1.29, 1.82) is 0 Å². The lowest BCUT2D eigenvalue weighted by Crippen LogP contribution is -2.27. The average Bonchev–Trinajstić information content (AvgIpc) is 2.55.